The number of rotatable bonds is 11. The molecule has 0 aliphatic heterocycles. The minimum atomic E-state index is -0.0683. The lowest BCUT2D eigenvalue weighted by molar-refractivity contribution is -0.0879. The maximum atomic E-state index is 6.21. The van der Waals surface area contributed by atoms with Crippen molar-refractivity contribution in [3.63, 3.8) is 0 Å². The first kappa shape index (κ1) is 18.8. The van der Waals surface area contributed by atoms with Crippen LogP contribution in [-0.2, 0) is 14.2 Å². The first-order chi connectivity index (χ1) is 10.2. The topological polar surface area (TPSA) is 57.0 Å². The molecule has 126 valence electrons. The summed E-state index contributed by atoms with van der Waals surface area (Å²) in [7, 11) is 1.81. The number of ether oxygens (including phenoxy) is 3. The number of hydrogen-bond acceptors (Lipinski definition) is 5. The van der Waals surface area contributed by atoms with Gasteiger partial charge < -0.3 is 19.9 Å². The summed E-state index contributed by atoms with van der Waals surface area (Å²) in [5.41, 5.74) is 6.14. The summed E-state index contributed by atoms with van der Waals surface area (Å²) in [5, 5.41) is 0. The van der Waals surface area contributed by atoms with E-state index in [1.54, 1.807) is 0 Å². The molecule has 1 saturated carbocycles. The van der Waals surface area contributed by atoms with Crippen LogP contribution in [0, 0.1) is 0 Å². The van der Waals surface area contributed by atoms with E-state index in [2.05, 4.69) is 4.90 Å². The van der Waals surface area contributed by atoms with Gasteiger partial charge in [-0.05, 0) is 26.7 Å². The normalized spacial score (nSPS) is 26.4. The standard InChI is InChI=1S/C16H34N2O3/c1-4-20-12-10-18(11-13-21-5-2)16(14-17)9-7-6-8-15(16)19-3/h15H,4-14,17H2,1-3H3. The van der Waals surface area contributed by atoms with E-state index in [0.717, 1.165) is 52.4 Å². The van der Waals surface area contributed by atoms with Crippen LogP contribution in [0.1, 0.15) is 39.5 Å². The third-order valence-electron chi connectivity index (χ3n) is 4.61. The first-order valence-corrected chi connectivity index (χ1v) is 8.38. The fourth-order valence-electron chi connectivity index (χ4n) is 3.45. The summed E-state index contributed by atoms with van der Waals surface area (Å²) in [4.78, 5) is 2.45. The van der Waals surface area contributed by atoms with Gasteiger partial charge in [-0.15, -0.1) is 0 Å². The van der Waals surface area contributed by atoms with Crippen LogP contribution >= 0.6 is 0 Å². The molecule has 0 amide bonds. The molecule has 0 aromatic carbocycles. The smallest absolute Gasteiger partial charge is 0.0767 e. The van der Waals surface area contributed by atoms with Gasteiger partial charge in [-0.2, -0.15) is 0 Å². The lowest BCUT2D eigenvalue weighted by Gasteiger charge is -2.50. The number of nitrogens with two attached hydrogens (primary N) is 1. The summed E-state index contributed by atoms with van der Waals surface area (Å²) < 4.78 is 16.9. The summed E-state index contributed by atoms with van der Waals surface area (Å²) in [6.45, 7) is 9.44. The number of hydrogen-bond donors (Lipinski definition) is 1. The molecule has 5 nitrogen and oxygen atoms in total. The summed E-state index contributed by atoms with van der Waals surface area (Å²) in [6, 6.07) is 0. The lowest BCUT2D eigenvalue weighted by Crippen LogP contribution is -2.64. The fourth-order valence-corrected chi connectivity index (χ4v) is 3.45. The summed E-state index contributed by atoms with van der Waals surface area (Å²) in [5.74, 6) is 0. The van der Waals surface area contributed by atoms with Crippen LogP contribution in [0.2, 0.25) is 0 Å². The van der Waals surface area contributed by atoms with Crippen molar-refractivity contribution in [2.45, 2.75) is 51.2 Å². The van der Waals surface area contributed by atoms with Crippen molar-refractivity contribution < 1.29 is 14.2 Å². The van der Waals surface area contributed by atoms with Gasteiger partial charge in [0.1, 0.15) is 0 Å². The fraction of sp³-hybridized carbons (Fsp3) is 1.00. The van der Waals surface area contributed by atoms with Gasteiger partial charge in [0, 0.05) is 40.0 Å². The van der Waals surface area contributed by atoms with Crippen LogP contribution in [0.4, 0.5) is 0 Å². The third-order valence-corrected chi connectivity index (χ3v) is 4.61. The Morgan fingerprint density at radius 2 is 1.71 bits per heavy atom. The van der Waals surface area contributed by atoms with Gasteiger partial charge in [0.05, 0.1) is 24.9 Å². The maximum Gasteiger partial charge on any atom is 0.0767 e. The van der Waals surface area contributed by atoms with Crippen LogP contribution in [0.5, 0.6) is 0 Å². The van der Waals surface area contributed by atoms with E-state index in [1.165, 1.54) is 12.8 Å². The molecular weight excluding hydrogens is 268 g/mol. The van der Waals surface area contributed by atoms with E-state index in [9.17, 15) is 0 Å². The molecule has 0 bridgehead atoms. The maximum absolute atomic E-state index is 6.21. The van der Waals surface area contributed by atoms with Crippen molar-refractivity contribution in [3.8, 4) is 0 Å². The highest BCUT2D eigenvalue weighted by molar-refractivity contribution is 5.01. The van der Waals surface area contributed by atoms with Gasteiger partial charge in [0.2, 0.25) is 0 Å². The molecule has 1 aliphatic rings. The minimum Gasteiger partial charge on any atom is -0.380 e. The van der Waals surface area contributed by atoms with Crippen LogP contribution in [-0.4, -0.2) is 69.7 Å². The zero-order valence-electron chi connectivity index (χ0n) is 14.1. The highest BCUT2D eigenvalue weighted by Crippen LogP contribution is 2.35. The Hall–Kier alpha value is -0.200. The second kappa shape index (κ2) is 10.5. The van der Waals surface area contributed by atoms with Crippen molar-refractivity contribution in [1.82, 2.24) is 4.90 Å². The van der Waals surface area contributed by atoms with E-state index < -0.39 is 0 Å². The predicted octanol–water partition coefficient (Wildman–Crippen LogP) is 1.65. The molecule has 0 heterocycles. The quantitative estimate of drug-likeness (QED) is 0.588. The summed E-state index contributed by atoms with van der Waals surface area (Å²) >= 11 is 0. The molecular formula is C16H34N2O3. The van der Waals surface area contributed by atoms with Crippen LogP contribution in [0.15, 0.2) is 0 Å². The Balaban J connectivity index is 2.77. The van der Waals surface area contributed by atoms with Crippen molar-refractivity contribution in [2.24, 2.45) is 5.73 Å². The molecule has 1 fully saturated rings. The Bertz CT molecular complexity index is 256. The van der Waals surface area contributed by atoms with E-state index in [1.807, 2.05) is 21.0 Å². The van der Waals surface area contributed by atoms with E-state index in [4.69, 9.17) is 19.9 Å². The van der Waals surface area contributed by atoms with Crippen LogP contribution < -0.4 is 5.73 Å². The predicted molar refractivity (Wildman–Crippen MR) is 85.6 cm³/mol. The largest absolute Gasteiger partial charge is 0.380 e. The number of methoxy groups -OCH3 is 1. The van der Waals surface area contributed by atoms with Crippen molar-refractivity contribution in [3.05, 3.63) is 0 Å². The Labute approximate surface area is 130 Å². The van der Waals surface area contributed by atoms with Gasteiger partial charge in [-0.25, -0.2) is 0 Å². The Kier molecular flexibility index (Phi) is 9.44. The first-order valence-electron chi connectivity index (χ1n) is 8.38. The molecule has 1 aliphatic carbocycles. The van der Waals surface area contributed by atoms with Gasteiger partial charge in [0.25, 0.3) is 0 Å². The highest BCUT2D eigenvalue weighted by atomic mass is 16.5. The van der Waals surface area contributed by atoms with Gasteiger partial charge in [0.15, 0.2) is 0 Å². The zero-order valence-corrected chi connectivity index (χ0v) is 14.1. The third kappa shape index (κ3) is 5.18. The zero-order chi connectivity index (χ0) is 15.6. The van der Waals surface area contributed by atoms with Crippen LogP contribution in [0.3, 0.4) is 0 Å². The van der Waals surface area contributed by atoms with Crippen molar-refractivity contribution in [2.75, 3.05) is 53.2 Å². The van der Waals surface area contributed by atoms with E-state index in [-0.39, 0.29) is 11.6 Å². The van der Waals surface area contributed by atoms with E-state index >= 15 is 0 Å². The lowest BCUT2D eigenvalue weighted by atomic mass is 9.77. The van der Waals surface area contributed by atoms with E-state index in [0.29, 0.717) is 6.54 Å². The van der Waals surface area contributed by atoms with Gasteiger partial charge in [-0.1, -0.05) is 12.8 Å². The molecule has 2 unspecified atom stereocenters. The SMILES string of the molecule is CCOCCN(CCOCC)C1(CN)CCCCC1OC. The highest BCUT2D eigenvalue weighted by Gasteiger charge is 2.44. The van der Waals surface area contributed by atoms with Crippen LogP contribution in [0.25, 0.3) is 0 Å². The number of nitrogens with zero attached hydrogens (tertiary/aromatic N) is 1. The average Bonchev–Trinajstić information content (AvgIpc) is 2.53. The second-order valence-electron chi connectivity index (χ2n) is 5.66. The average molecular weight is 302 g/mol. The van der Waals surface area contributed by atoms with Crippen molar-refractivity contribution >= 4 is 0 Å². The van der Waals surface area contributed by atoms with Gasteiger partial charge >= 0.3 is 0 Å². The summed E-state index contributed by atoms with van der Waals surface area (Å²) in [6.07, 6.45) is 4.84. The minimum absolute atomic E-state index is 0.0683. The molecule has 21 heavy (non-hydrogen) atoms. The molecule has 5 heteroatoms. The Morgan fingerprint density at radius 1 is 1.10 bits per heavy atom. The molecule has 0 spiro atoms. The Morgan fingerprint density at radius 3 is 2.19 bits per heavy atom. The molecule has 0 aromatic heterocycles. The van der Waals surface area contributed by atoms with Gasteiger partial charge in [-0.3, -0.25) is 4.90 Å². The molecule has 1 rings (SSSR count). The molecule has 0 aromatic rings. The molecule has 0 radical (unpaired) electrons. The van der Waals surface area contributed by atoms with Crippen molar-refractivity contribution in [1.29, 1.82) is 0 Å². The second-order valence-corrected chi connectivity index (χ2v) is 5.66. The molecule has 2 N–H and O–H groups in total. The monoisotopic (exact) mass is 302 g/mol. The molecule has 2 atom stereocenters. The molecule has 0 saturated heterocycles.